The zero-order chi connectivity index (χ0) is 16.8. The molecule has 136 valence electrons. The van der Waals surface area contributed by atoms with Crippen LogP contribution in [-0.2, 0) is 16.6 Å². The number of likely N-dealkylation sites (tertiary alicyclic amines) is 1. The van der Waals surface area contributed by atoms with E-state index in [-0.39, 0.29) is 30.3 Å². The van der Waals surface area contributed by atoms with Gasteiger partial charge in [0.2, 0.25) is 11.8 Å². The molecule has 2 rings (SSSR count). The molecule has 0 saturated carbocycles. The lowest BCUT2D eigenvalue weighted by Crippen LogP contribution is -2.51. The molecule has 0 aliphatic carbocycles. The highest BCUT2D eigenvalue weighted by molar-refractivity contribution is 5.85. The van der Waals surface area contributed by atoms with E-state index in [2.05, 4.69) is 15.7 Å². The van der Waals surface area contributed by atoms with Crippen molar-refractivity contribution in [2.75, 3.05) is 20.1 Å². The third-order valence-corrected chi connectivity index (χ3v) is 4.17. The Kier molecular flexibility index (Phi) is 8.21. The number of aryl methyl sites for hydroxylation is 1. The zero-order valence-corrected chi connectivity index (χ0v) is 15.4. The van der Waals surface area contributed by atoms with Crippen molar-refractivity contribution in [2.24, 2.45) is 7.05 Å². The molecule has 1 aliphatic heterocycles. The largest absolute Gasteiger partial charge is 0.352 e. The van der Waals surface area contributed by atoms with Crippen molar-refractivity contribution >= 4 is 24.2 Å². The highest BCUT2D eigenvalue weighted by Crippen LogP contribution is 2.18. The van der Waals surface area contributed by atoms with Crippen LogP contribution in [0.1, 0.15) is 44.2 Å². The summed E-state index contributed by atoms with van der Waals surface area (Å²) in [4.78, 5) is 26.4. The maximum absolute atomic E-state index is 12.8. The van der Waals surface area contributed by atoms with E-state index in [1.165, 1.54) is 0 Å². The first-order chi connectivity index (χ1) is 11.0. The topological polar surface area (TPSA) is 79.3 Å². The van der Waals surface area contributed by atoms with Crippen LogP contribution in [0.4, 0.5) is 0 Å². The number of nitrogens with zero attached hydrogens (tertiary/aromatic N) is 3. The summed E-state index contributed by atoms with van der Waals surface area (Å²) >= 11 is 0. The molecule has 0 aromatic carbocycles. The minimum Gasteiger partial charge on any atom is -0.352 e. The number of rotatable bonds is 6. The molecule has 2 N–H and O–H groups in total. The number of nitrogens with one attached hydrogen (secondary N) is 2. The van der Waals surface area contributed by atoms with Gasteiger partial charge in [0.15, 0.2) is 0 Å². The van der Waals surface area contributed by atoms with Gasteiger partial charge in [-0.05, 0) is 26.3 Å². The Labute approximate surface area is 149 Å². The first-order valence-electron chi connectivity index (χ1n) is 8.29. The molecule has 2 amide bonds. The number of carbonyl (C=O) groups excluding carboxylic acids is 2. The number of hydrogen-bond acceptors (Lipinski definition) is 4. The van der Waals surface area contributed by atoms with Crippen LogP contribution >= 0.6 is 12.4 Å². The fraction of sp³-hybridized carbons (Fsp3) is 0.688. The van der Waals surface area contributed by atoms with Crippen LogP contribution in [0.15, 0.2) is 12.4 Å². The molecular formula is C16H28ClN5O2. The normalized spacial score (nSPS) is 18.6. The summed E-state index contributed by atoms with van der Waals surface area (Å²) in [6, 6.07) is -0.341. The predicted molar refractivity (Wildman–Crippen MR) is 94.9 cm³/mol. The summed E-state index contributed by atoms with van der Waals surface area (Å²) in [5.41, 5.74) is 0.858. The minimum absolute atomic E-state index is 0. The van der Waals surface area contributed by atoms with Crippen molar-refractivity contribution in [3.63, 3.8) is 0 Å². The van der Waals surface area contributed by atoms with E-state index in [0.717, 1.165) is 31.4 Å². The Hall–Kier alpha value is -1.60. The van der Waals surface area contributed by atoms with Crippen molar-refractivity contribution in [1.29, 1.82) is 0 Å². The van der Waals surface area contributed by atoms with E-state index >= 15 is 0 Å². The first kappa shape index (κ1) is 20.4. The van der Waals surface area contributed by atoms with E-state index in [9.17, 15) is 9.59 Å². The molecule has 24 heavy (non-hydrogen) atoms. The van der Waals surface area contributed by atoms with Crippen LogP contribution in [0.25, 0.3) is 0 Å². The van der Waals surface area contributed by atoms with Gasteiger partial charge in [0, 0.05) is 44.4 Å². The van der Waals surface area contributed by atoms with Crippen LogP contribution < -0.4 is 10.6 Å². The first-order valence-corrected chi connectivity index (χ1v) is 8.29. The maximum Gasteiger partial charge on any atom is 0.244 e. The highest BCUT2D eigenvalue weighted by atomic mass is 35.5. The smallest absolute Gasteiger partial charge is 0.244 e. The van der Waals surface area contributed by atoms with Gasteiger partial charge in [0.1, 0.15) is 6.04 Å². The second kappa shape index (κ2) is 9.64. The van der Waals surface area contributed by atoms with Crippen LogP contribution in [0.3, 0.4) is 0 Å². The molecule has 8 heteroatoms. The fourth-order valence-electron chi connectivity index (χ4n) is 3.03. The number of halogens is 1. The molecule has 0 spiro atoms. The summed E-state index contributed by atoms with van der Waals surface area (Å²) in [5.74, 6) is 0.110. The van der Waals surface area contributed by atoms with Gasteiger partial charge in [0.05, 0.1) is 6.20 Å². The van der Waals surface area contributed by atoms with Crippen molar-refractivity contribution in [2.45, 2.75) is 44.7 Å². The Balaban J connectivity index is 0.00000288. The molecule has 1 aromatic rings. The molecule has 1 saturated heterocycles. The predicted octanol–water partition coefficient (Wildman–Crippen LogP) is 1.01. The maximum atomic E-state index is 12.8. The number of piperidine rings is 1. The molecule has 2 unspecified atom stereocenters. The SMILES string of the molecule is CCCC(=O)NC1CCCN(C(=O)C(NC)c2cnn(C)c2)C1.Cl. The Morgan fingerprint density at radius 1 is 1.46 bits per heavy atom. The van der Waals surface area contributed by atoms with Crippen molar-refractivity contribution < 1.29 is 9.59 Å². The number of hydrogen-bond donors (Lipinski definition) is 2. The second-order valence-corrected chi connectivity index (χ2v) is 6.11. The van der Waals surface area contributed by atoms with E-state index in [1.807, 2.05) is 25.1 Å². The van der Waals surface area contributed by atoms with Crippen molar-refractivity contribution in [3.8, 4) is 0 Å². The molecular weight excluding hydrogens is 330 g/mol. The standard InChI is InChI=1S/C16H27N5O2.ClH/c1-4-6-14(22)19-13-7-5-8-21(11-13)16(23)15(17-2)12-9-18-20(3)10-12;/h9-10,13,15,17H,4-8,11H2,1-3H3,(H,19,22);1H. The summed E-state index contributed by atoms with van der Waals surface area (Å²) in [6.45, 7) is 3.30. The van der Waals surface area contributed by atoms with Crippen LogP contribution in [0, 0.1) is 0 Å². The van der Waals surface area contributed by atoms with Crippen molar-refractivity contribution in [3.05, 3.63) is 18.0 Å². The van der Waals surface area contributed by atoms with Crippen LogP contribution in [-0.4, -0.2) is 52.7 Å². The van der Waals surface area contributed by atoms with Gasteiger partial charge < -0.3 is 15.5 Å². The number of aromatic nitrogens is 2. The quantitative estimate of drug-likeness (QED) is 0.796. The molecule has 0 bridgehead atoms. The fourth-order valence-corrected chi connectivity index (χ4v) is 3.03. The molecule has 1 aliphatic rings. The van der Waals surface area contributed by atoms with Gasteiger partial charge in [-0.3, -0.25) is 14.3 Å². The second-order valence-electron chi connectivity index (χ2n) is 6.11. The molecule has 0 radical (unpaired) electrons. The molecule has 2 atom stereocenters. The lowest BCUT2D eigenvalue weighted by atomic mass is 10.0. The average Bonchev–Trinajstić information content (AvgIpc) is 2.94. The number of amides is 2. The molecule has 2 heterocycles. The van der Waals surface area contributed by atoms with Gasteiger partial charge in [-0.15, -0.1) is 12.4 Å². The van der Waals surface area contributed by atoms with Gasteiger partial charge in [-0.1, -0.05) is 6.92 Å². The monoisotopic (exact) mass is 357 g/mol. The van der Waals surface area contributed by atoms with E-state index in [0.29, 0.717) is 13.0 Å². The highest BCUT2D eigenvalue weighted by Gasteiger charge is 2.30. The average molecular weight is 358 g/mol. The Bertz CT molecular complexity index is 548. The number of likely N-dealkylation sites (N-methyl/N-ethyl adjacent to an activating group) is 1. The minimum atomic E-state index is -0.395. The summed E-state index contributed by atoms with van der Waals surface area (Å²) in [7, 11) is 3.61. The van der Waals surface area contributed by atoms with Crippen LogP contribution in [0.2, 0.25) is 0 Å². The van der Waals surface area contributed by atoms with Crippen molar-refractivity contribution in [1.82, 2.24) is 25.3 Å². The lowest BCUT2D eigenvalue weighted by Gasteiger charge is -2.35. The summed E-state index contributed by atoms with van der Waals surface area (Å²) in [6.07, 6.45) is 6.78. The molecule has 1 fully saturated rings. The lowest BCUT2D eigenvalue weighted by molar-refractivity contribution is -0.135. The summed E-state index contributed by atoms with van der Waals surface area (Å²) in [5, 5.41) is 10.2. The number of carbonyl (C=O) groups is 2. The van der Waals surface area contributed by atoms with Gasteiger partial charge in [-0.2, -0.15) is 5.10 Å². The van der Waals surface area contributed by atoms with Gasteiger partial charge in [-0.25, -0.2) is 0 Å². The van der Waals surface area contributed by atoms with Gasteiger partial charge in [0.25, 0.3) is 0 Å². The van der Waals surface area contributed by atoms with Gasteiger partial charge >= 0.3 is 0 Å². The zero-order valence-electron chi connectivity index (χ0n) is 14.6. The molecule has 7 nitrogen and oxygen atoms in total. The molecule has 1 aromatic heterocycles. The van der Waals surface area contributed by atoms with E-state index in [1.54, 1.807) is 17.9 Å². The third-order valence-electron chi connectivity index (χ3n) is 4.17. The van der Waals surface area contributed by atoms with E-state index < -0.39 is 6.04 Å². The Morgan fingerprint density at radius 3 is 2.79 bits per heavy atom. The Morgan fingerprint density at radius 2 is 2.21 bits per heavy atom. The van der Waals surface area contributed by atoms with E-state index in [4.69, 9.17) is 0 Å². The summed E-state index contributed by atoms with van der Waals surface area (Å²) < 4.78 is 1.69. The third kappa shape index (κ3) is 5.21. The van der Waals surface area contributed by atoms with Crippen LogP contribution in [0.5, 0.6) is 0 Å².